The third-order valence-corrected chi connectivity index (χ3v) is 4.17. The number of fused-ring (bicyclic) bond motifs is 1. The molecule has 0 saturated carbocycles. The molecule has 2 heterocycles. The van der Waals surface area contributed by atoms with E-state index >= 15 is 0 Å². The number of aliphatic hydroxyl groups excluding tert-OH is 1. The number of thiazole rings is 1. The van der Waals surface area contributed by atoms with Gasteiger partial charge in [-0.2, -0.15) is 0 Å². The Morgan fingerprint density at radius 3 is 3.06 bits per heavy atom. The van der Waals surface area contributed by atoms with E-state index in [2.05, 4.69) is 23.4 Å². The van der Waals surface area contributed by atoms with Crippen molar-refractivity contribution in [2.45, 2.75) is 32.8 Å². The maximum Gasteiger partial charge on any atom is 0.193 e. The van der Waals surface area contributed by atoms with E-state index in [-0.39, 0.29) is 11.5 Å². The normalized spacial score (nSPS) is 22.4. The molecule has 1 aliphatic carbocycles. The Morgan fingerprint density at radius 2 is 2.35 bits per heavy atom. The van der Waals surface area contributed by atoms with Crippen LogP contribution in [0.2, 0.25) is 0 Å². The zero-order valence-electron chi connectivity index (χ0n) is 10.1. The van der Waals surface area contributed by atoms with E-state index in [1.54, 1.807) is 11.3 Å². The maximum absolute atomic E-state index is 10.2. The van der Waals surface area contributed by atoms with E-state index in [9.17, 15) is 5.11 Å². The first-order valence-corrected chi connectivity index (χ1v) is 6.73. The molecule has 0 radical (unpaired) electrons. The minimum Gasteiger partial charge on any atom is -0.388 e. The molecule has 90 valence electrons. The lowest BCUT2D eigenvalue weighted by atomic mass is 9.75. The van der Waals surface area contributed by atoms with Gasteiger partial charge in [0.05, 0.1) is 6.10 Å². The Balaban J connectivity index is 2.11. The molecule has 0 spiro atoms. The number of hydrogen-bond acceptors (Lipinski definition) is 3. The first kappa shape index (κ1) is 11.0. The molecule has 2 aromatic rings. The molecule has 4 heteroatoms. The predicted molar refractivity (Wildman–Crippen MR) is 68.5 cm³/mol. The smallest absolute Gasteiger partial charge is 0.193 e. The zero-order valence-corrected chi connectivity index (χ0v) is 10.9. The van der Waals surface area contributed by atoms with Crippen molar-refractivity contribution in [3.63, 3.8) is 0 Å². The number of aromatic nitrogens is 2. The minimum absolute atomic E-state index is 0.153. The summed E-state index contributed by atoms with van der Waals surface area (Å²) in [4.78, 5) is 4.34. The van der Waals surface area contributed by atoms with Crippen molar-refractivity contribution in [1.82, 2.24) is 9.55 Å². The molecule has 3 nitrogen and oxygen atoms in total. The van der Waals surface area contributed by atoms with Crippen molar-refractivity contribution in [3.05, 3.63) is 35.1 Å². The van der Waals surface area contributed by atoms with Crippen LogP contribution in [0, 0.1) is 5.41 Å². The second kappa shape index (κ2) is 3.68. The highest BCUT2D eigenvalue weighted by atomic mass is 32.1. The van der Waals surface area contributed by atoms with Gasteiger partial charge in [0.2, 0.25) is 0 Å². The molecule has 0 saturated heterocycles. The van der Waals surface area contributed by atoms with Crippen LogP contribution in [0.1, 0.15) is 37.6 Å². The monoisotopic (exact) mass is 248 g/mol. The fourth-order valence-corrected chi connectivity index (χ4v) is 3.29. The summed E-state index contributed by atoms with van der Waals surface area (Å²) in [6.45, 7) is 4.41. The van der Waals surface area contributed by atoms with Crippen LogP contribution >= 0.6 is 11.3 Å². The quantitative estimate of drug-likeness (QED) is 0.842. The summed E-state index contributed by atoms with van der Waals surface area (Å²) in [7, 11) is 0. The van der Waals surface area contributed by atoms with Gasteiger partial charge in [0.25, 0.3) is 0 Å². The van der Waals surface area contributed by atoms with E-state index in [0.29, 0.717) is 0 Å². The molecule has 0 aromatic carbocycles. The zero-order chi connectivity index (χ0) is 12.0. The summed E-state index contributed by atoms with van der Waals surface area (Å²) >= 11 is 1.63. The van der Waals surface area contributed by atoms with Gasteiger partial charge in [-0.15, -0.1) is 11.3 Å². The molecule has 1 atom stereocenters. The minimum atomic E-state index is -0.338. The topological polar surface area (TPSA) is 38.0 Å². The largest absolute Gasteiger partial charge is 0.388 e. The SMILES string of the molecule is CC1(C)Cc2c(ccn2-c2nccs2)C(O)C1. The van der Waals surface area contributed by atoms with E-state index in [1.807, 2.05) is 23.8 Å². The number of nitrogens with zero attached hydrogens (tertiary/aromatic N) is 2. The fourth-order valence-electron chi connectivity index (χ4n) is 2.64. The van der Waals surface area contributed by atoms with Crippen LogP contribution in [0.3, 0.4) is 0 Å². The van der Waals surface area contributed by atoms with Crippen LogP contribution in [-0.2, 0) is 6.42 Å². The lowest BCUT2D eigenvalue weighted by Crippen LogP contribution is -2.26. The number of rotatable bonds is 1. The Hall–Kier alpha value is -1.13. The average molecular weight is 248 g/mol. The van der Waals surface area contributed by atoms with Crippen molar-refractivity contribution in [1.29, 1.82) is 0 Å². The summed E-state index contributed by atoms with van der Waals surface area (Å²) in [5, 5.41) is 13.1. The summed E-state index contributed by atoms with van der Waals surface area (Å²) in [5.41, 5.74) is 2.43. The molecule has 0 aliphatic heterocycles. The Labute approximate surface area is 105 Å². The molecular weight excluding hydrogens is 232 g/mol. The van der Waals surface area contributed by atoms with Gasteiger partial charge in [0, 0.05) is 29.0 Å². The highest BCUT2D eigenvalue weighted by Gasteiger charge is 2.33. The van der Waals surface area contributed by atoms with Gasteiger partial charge in [0.1, 0.15) is 0 Å². The summed E-state index contributed by atoms with van der Waals surface area (Å²) in [5.74, 6) is 0. The molecule has 0 amide bonds. The maximum atomic E-state index is 10.2. The van der Waals surface area contributed by atoms with E-state index in [0.717, 1.165) is 23.5 Å². The lowest BCUT2D eigenvalue weighted by molar-refractivity contribution is 0.0987. The standard InChI is InChI=1S/C13H16N2OS/c1-13(2)7-10-9(11(16)8-13)3-5-15(10)12-14-4-6-17-12/h3-6,11,16H,7-8H2,1-2H3. The van der Waals surface area contributed by atoms with Crippen LogP contribution in [0.5, 0.6) is 0 Å². The molecule has 1 aliphatic rings. The van der Waals surface area contributed by atoms with E-state index < -0.39 is 0 Å². The van der Waals surface area contributed by atoms with Crippen molar-refractivity contribution >= 4 is 11.3 Å². The molecule has 2 aromatic heterocycles. The molecule has 3 rings (SSSR count). The van der Waals surface area contributed by atoms with E-state index in [1.165, 1.54) is 5.69 Å². The Morgan fingerprint density at radius 1 is 1.53 bits per heavy atom. The van der Waals surface area contributed by atoms with Crippen LogP contribution in [-0.4, -0.2) is 14.7 Å². The summed E-state index contributed by atoms with van der Waals surface area (Å²) < 4.78 is 2.12. The molecular formula is C13H16N2OS. The lowest BCUT2D eigenvalue weighted by Gasteiger charge is -2.33. The Bertz CT molecular complexity index is 528. The van der Waals surface area contributed by atoms with Gasteiger partial charge in [-0.1, -0.05) is 13.8 Å². The van der Waals surface area contributed by atoms with Crippen molar-refractivity contribution in [2.24, 2.45) is 5.41 Å². The number of aliphatic hydroxyl groups is 1. The van der Waals surface area contributed by atoms with Gasteiger partial charge in [0.15, 0.2) is 5.13 Å². The number of hydrogen-bond donors (Lipinski definition) is 1. The average Bonchev–Trinajstić information content (AvgIpc) is 2.82. The van der Waals surface area contributed by atoms with Gasteiger partial charge >= 0.3 is 0 Å². The van der Waals surface area contributed by atoms with Crippen LogP contribution in [0.15, 0.2) is 23.8 Å². The summed E-state index contributed by atoms with van der Waals surface area (Å²) in [6.07, 6.45) is 5.33. The highest BCUT2D eigenvalue weighted by Crippen LogP contribution is 2.41. The second-order valence-corrected chi connectivity index (χ2v) is 6.34. The Kier molecular flexibility index (Phi) is 2.38. The van der Waals surface area contributed by atoms with Gasteiger partial charge < -0.3 is 5.11 Å². The molecule has 0 bridgehead atoms. The fraction of sp³-hybridized carbons (Fsp3) is 0.462. The van der Waals surface area contributed by atoms with Crippen molar-refractivity contribution in [3.8, 4) is 5.13 Å². The first-order valence-electron chi connectivity index (χ1n) is 5.85. The van der Waals surface area contributed by atoms with Crippen LogP contribution < -0.4 is 0 Å². The third kappa shape index (κ3) is 1.81. The van der Waals surface area contributed by atoms with E-state index in [4.69, 9.17) is 0 Å². The van der Waals surface area contributed by atoms with Crippen LogP contribution in [0.25, 0.3) is 5.13 Å². The van der Waals surface area contributed by atoms with Gasteiger partial charge in [-0.05, 0) is 24.3 Å². The van der Waals surface area contributed by atoms with Gasteiger partial charge in [-0.25, -0.2) is 4.98 Å². The highest BCUT2D eigenvalue weighted by molar-refractivity contribution is 7.12. The molecule has 1 unspecified atom stereocenters. The first-order chi connectivity index (χ1) is 8.07. The van der Waals surface area contributed by atoms with Crippen molar-refractivity contribution < 1.29 is 5.11 Å². The van der Waals surface area contributed by atoms with Gasteiger partial charge in [-0.3, -0.25) is 4.57 Å². The third-order valence-electron chi connectivity index (χ3n) is 3.40. The predicted octanol–water partition coefficient (Wildman–Crippen LogP) is 2.94. The molecule has 17 heavy (non-hydrogen) atoms. The molecule has 1 N–H and O–H groups in total. The molecule has 0 fully saturated rings. The van der Waals surface area contributed by atoms with Crippen molar-refractivity contribution in [2.75, 3.05) is 0 Å². The second-order valence-electron chi connectivity index (χ2n) is 5.46. The summed E-state index contributed by atoms with van der Waals surface area (Å²) in [6, 6.07) is 2.02. The van der Waals surface area contributed by atoms with Crippen LogP contribution in [0.4, 0.5) is 0 Å².